The molecule has 6 heteroatoms. The van der Waals surface area contributed by atoms with E-state index in [0.717, 1.165) is 57.2 Å². The number of ether oxygens (including phenoxy) is 1. The highest BCUT2D eigenvalue weighted by molar-refractivity contribution is 7.99. The first-order valence-corrected chi connectivity index (χ1v) is 10.5. The van der Waals surface area contributed by atoms with Crippen LogP contribution in [0, 0.1) is 0 Å². The average molecular weight is 389 g/mol. The van der Waals surface area contributed by atoms with Crippen LogP contribution in [0.1, 0.15) is 35.2 Å². The van der Waals surface area contributed by atoms with Crippen LogP contribution in [0.4, 0.5) is 0 Å². The highest BCUT2D eigenvalue weighted by atomic mass is 32.2. The van der Waals surface area contributed by atoms with Gasteiger partial charge in [-0.3, -0.25) is 9.80 Å². The molecule has 0 aliphatic carbocycles. The molecule has 0 atom stereocenters. The van der Waals surface area contributed by atoms with Gasteiger partial charge in [0.25, 0.3) is 0 Å². The van der Waals surface area contributed by atoms with Gasteiger partial charge in [0.15, 0.2) is 0 Å². The van der Waals surface area contributed by atoms with Gasteiger partial charge in [0, 0.05) is 24.5 Å². The molecule has 0 amide bonds. The van der Waals surface area contributed by atoms with Gasteiger partial charge in [-0.25, -0.2) is 4.79 Å². The number of thioether (sulfide) groups is 1. The maximum absolute atomic E-state index is 11.5. The first-order chi connectivity index (χ1) is 13.2. The number of hydrogen-bond donors (Lipinski definition) is 0. The molecule has 0 saturated carbocycles. The van der Waals surface area contributed by atoms with Gasteiger partial charge in [-0.05, 0) is 55.1 Å². The maximum atomic E-state index is 11.5. The molecule has 5 nitrogen and oxygen atoms in total. The summed E-state index contributed by atoms with van der Waals surface area (Å²) in [6.45, 7) is 8.09. The number of rotatable bonds is 7. The van der Waals surface area contributed by atoms with E-state index in [9.17, 15) is 4.79 Å². The number of methoxy groups -OCH3 is 1. The number of hydrogen-bond acceptors (Lipinski definition) is 6. The van der Waals surface area contributed by atoms with Crippen molar-refractivity contribution in [1.29, 1.82) is 0 Å². The standard InChI is InChI=1S/C21H28N2O3S/c1-3-27-19-8-5-17(6-9-19)15-22-11-4-12-23(14-13-22)16-18-7-10-20(26-18)21(24)25-2/h5-10H,3-4,11-16H2,1-2H3. The fourth-order valence-corrected chi connectivity index (χ4v) is 4.01. The van der Waals surface area contributed by atoms with Gasteiger partial charge in [0.2, 0.25) is 5.76 Å². The number of furan rings is 1. The molecule has 0 bridgehead atoms. The van der Waals surface area contributed by atoms with E-state index in [1.807, 2.05) is 17.8 Å². The predicted octanol–water partition coefficient (Wildman–Crippen LogP) is 3.89. The summed E-state index contributed by atoms with van der Waals surface area (Å²) in [5.74, 6) is 1.77. The molecule has 27 heavy (non-hydrogen) atoms. The van der Waals surface area contributed by atoms with E-state index in [4.69, 9.17) is 9.15 Å². The Labute approximate surface area is 165 Å². The summed E-state index contributed by atoms with van der Waals surface area (Å²) in [6.07, 6.45) is 1.13. The van der Waals surface area contributed by atoms with Crippen LogP contribution in [0.2, 0.25) is 0 Å². The van der Waals surface area contributed by atoms with Crippen molar-refractivity contribution in [3.63, 3.8) is 0 Å². The SMILES string of the molecule is CCSc1ccc(CN2CCCN(Cc3ccc(C(=O)OC)o3)CC2)cc1. The van der Waals surface area contributed by atoms with E-state index >= 15 is 0 Å². The Morgan fingerprint density at radius 3 is 2.41 bits per heavy atom. The van der Waals surface area contributed by atoms with Gasteiger partial charge in [-0.2, -0.15) is 0 Å². The minimum atomic E-state index is -0.424. The summed E-state index contributed by atoms with van der Waals surface area (Å²) >= 11 is 1.88. The molecule has 1 aliphatic rings. The highest BCUT2D eigenvalue weighted by Gasteiger charge is 2.18. The van der Waals surface area contributed by atoms with Crippen molar-refractivity contribution in [3.05, 3.63) is 53.5 Å². The molecular weight excluding hydrogens is 360 g/mol. The van der Waals surface area contributed by atoms with E-state index in [2.05, 4.69) is 41.0 Å². The lowest BCUT2D eigenvalue weighted by molar-refractivity contribution is 0.0561. The van der Waals surface area contributed by atoms with Gasteiger partial charge >= 0.3 is 5.97 Å². The Bertz CT molecular complexity index is 729. The van der Waals surface area contributed by atoms with E-state index < -0.39 is 5.97 Å². The summed E-state index contributed by atoms with van der Waals surface area (Å²) < 4.78 is 10.3. The van der Waals surface area contributed by atoms with Gasteiger partial charge in [0.1, 0.15) is 5.76 Å². The van der Waals surface area contributed by atoms with Gasteiger partial charge in [-0.1, -0.05) is 19.1 Å². The molecule has 1 aliphatic heterocycles. The molecule has 1 aromatic heterocycles. The van der Waals surface area contributed by atoms with Crippen molar-refractivity contribution < 1.29 is 13.9 Å². The van der Waals surface area contributed by atoms with Crippen LogP contribution in [-0.2, 0) is 17.8 Å². The second kappa shape index (κ2) is 9.97. The third-order valence-electron chi connectivity index (χ3n) is 4.75. The van der Waals surface area contributed by atoms with Gasteiger partial charge in [-0.15, -0.1) is 11.8 Å². The van der Waals surface area contributed by atoms with Crippen LogP contribution in [0.15, 0.2) is 45.7 Å². The molecule has 1 fully saturated rings. The molecule has 0 N–H and O–H groups in total. The minimum Gasteiger partial charge on any atom is -0.463 e. The molecular formula is C21H28N2O3S. The van der Waals surface area contributed by atoms with E-state index in [1.165, 1.54) is 17.6 Å². The Kier molecular flexibility index (Phi) is 7.38. The molecule has 2 aromatic rings. The van der Waals surface area contributed by atoms with E-state index in [-0.39, 0.29) is 5.76 Å². The Morgan fingerprint density at radius 1 is 1.04 bits per heavy atom. The largest absolute Gasteiger partial charge is 0.463 e. The Balaban J connectivity index is 1.49. The average Bonchev–Trinajstić information content (AvgIpc) is 3.04. The lowest BCUT2D eigenvalue weighted by atomic mass is 10.2. The van der Waals surface area contributed by atoms with Crippen molar-refractivity contribution in [2.45, 2.75) is 31.3 Å². The number of esters is 1. The second-order valence-corrected chi connectivity index (χ2v) is 8.08. The summed E-state index contributed by atoms with van der Waals surface area (Å²) in [4.78, 5) is 17.8. The van der Waals surface area contributed by atoms with Crippen LogP contribution in [-0.4, -0.2) is 54.8 Å². The van der Waals surface area contributed by atoms with Crippen LogP contribution in [0.3, 0.4) is 0 Å². The monoisotopic (exact) mass is 388 g/mol. The summed E-state index contributed by atoms with van der Waals surface area (Å²) in [5, 5.41) is 0. The van der Waals surface area contributed by atoms with Crippen molar-refractivity contribution in [2.75, 3.05) is 39.0 Å². The molecule has 0 unspecified atom stereocenters. The zero-order valence-electron chi connectivity index (χ0n) is 16.1. The van der Waals surface area contributed by atoms with Crippen LogP contribution in [0.5, 0.6) is 0 Å². The minimum absolute atomic E-state index is 0.272. The Morgan fingerprint density at radius 2 is 1.74 bits per heavy atom. The lowest BCUT2D eigenvalue weighted by Crippen LogP contribution is -2.30. The summed E-state index contributed by atoms with van der Waals surface area (Å²) in [5.41, 5.74) is 1.37. The molecule has 146 valence electrons. The highest BCUT2D eigenvalue weighted by Crippen LogP contribution is 2.19. The van der Waals surface area contributed by atoms with Gasteiger partial charge in [0.05, 0.1) is 13.7 Å². The van der Waals surface area contributed by atoms with Crippen molar-refractivity contribution in [2.24, 2.45) is 0 Å². The molecule has 0 spiro atoms. The zero-order chi connectivity index (χ0) is 19.1. The number of carbonyl (C=O) groups excluding carboxylic acids is 1. The first kappa shape index (κ1) is 20.0. The van der Waals surface area contributed by atoms with Crippen LogP contribution in [0.25, 0.3) is 0 Å². The van der Waals surface area contributed by atoms with Crippen molar-refractivity contribution in [1.82, 2.24) is 9.80 Å². The summed E-state index contributed by atoms with van der Waals surface area (Å²) in [7, 11) is 1.37. The number of carbonyl (C=O) groups is 1. The van der Waals surface area contributed by atoms with E-state index in [0.29, 0.717) is 0 Å². The third-order valence-corrected chi connectivity index (χ3v) is 5.64. The topological polar surface area (TPSA) is 45.9 Å². The van der Waals surface area contributed by atoms with Crippen molar-refractivity contribution in [3.8, 4) is 0 Å². The second-order valence-electron chi connectivity index (χ2n) is 6.74. The van der Waals surface area contributed by atoms with Gasteiger partial charge < -0.3 is 9.15 Å². The predicted molar refractivity (Wildman–Crippen MR) is 108 cm³/mol. The number of nitrogens with zero attached hydrogens (tertiary/aromatic N) is 2. The first-order valence-electron chi connectivity index (χ1n) is 9.51. The van der Waals surface area contributed by atoms with Crippen LogP contribution < -0.4 is 0 Å². The number of benzene rings is 1. The molecule has 0 radical (unpaired) electrons. The smallest absolute Gasteiger partial charge is 0.373 e. The summed E-state index contributed by atoms with van der Waals surface area (Å²) in [6, 6.07) is 12.5. The molecule has 3 rings (SSSR count). The fourth-order valence-electron chi connectivity index (χ4n) is 3.35. The fraction of sp³-hybridized carbons (Fsp3) is 0.476. The third kappa shape index (κ3) is 5.86. The Hall–Kier alpha value is -1.76. The van der Waals surface area contributed by atoms with Crippen LogP contribution >= 0.6 is 11.8 Å². The zero-order valence-corrected chi connectivity index (χ0v) is 17.0. The molecule has 2 heterocycles. The van der Waals surface area contributed by atoms with E-state index in [1.54, 1.807) is 6.07 Å². The lowest BCUT2D eigenvalue weighted by Gasteiger charge is -2.21. The normalized spacial score (nSPS) is 16.2. The molecule has 1 saturated heterocycles. The molecule has 1 aromatic carbocycles. The maximum Gasteiger partial charge on any atom is 0.373 e. The quantitative estimate of drug-likeness (QED) is 0.530. The van der Waals surface area contributed by atoms with Crippen molar-refractivity contribution >= 4 is 17.7 Å².